The summed E-state index contributed by atoms with van der Waals surface area (Å²) in [5.41, 5.74) is 1.71. The number of hydrogen-bond acceptors (Lipinski definition) is 5. The van der Waals surface area contributed by atoms with Crippen molar-refractivity contribution in [2.24, 2.45) is 4.99 Å². The highest BCUT2D eigenvalue weighted by molar-refractivity contribution is 6.04. The Balaban J connectivity index is 1.37. The molecule has 0 atom stereocenters. The number of fused-ring (bicyclic) bond motifs is 2. The maximum Gasteiger partial charge on any atom is 0.317 e. The predicted molar refractivity (Wildman–Crippen MR) is 129 cm³/mol. The number of carbonyl (C=O) groups is 1. The number of methoxy groups -OCH3 is 1. The molecule has 7 heteroatoms. The minimum atomic E-state index is 0.0716. The van der Waals surface area contributed by atoms with Crippen molar-refractivity contribution in [3.05, 3.63) is 48.0 Å². The van der Waals surface area contributed by atoms with Gasteiger partial charge >= 0.3 is 6.03 Å². The lowest BCUT2D eigenvalue weighted by Crippen LogP contribution is -2.47. The normalized spacial score (nSPS) is 18.8. The maximum absolute atomic E-state index is 12.9. The number of para-hydroxylation sites is 2. The molecule has 2 aliphatic heterocycles. The first kappa shape index (κ1) is 21.6. The molecule has 2 aromatic carbocycles. The number of urea groups is 1. The minimum absolute atomic E-state index is 0.0716. The van der Waals surface area contributed by atoms with Gasteiger partial charge in [0.2, 0.25) is 0 Å². The fourth-order valence-corrected chi connectivity index (χ4v) is 4.91. The second kappa shape index (κ2) is 9.73. The van der Waals surface area contributed by atoms with Crippen molar-refractivity contribution in [1.29, 1.82) is 0 Å². The summed E-state index contributed by atoms with van der Waals surface area (Å²) in [7, 11) is 1.67. The summed E-state index contributed by atoms with van der Waals surface area (Å²) in [5.74, 6) is 3.13. The van der Waals surface area contributed by atoms with Crippen molar-refractivity contribution < 1.29 is 14.3 Å². The Morgan fingerprint density at radius 2 is 1.85 bits per heavy atom. The van der Waals surface area contributed by atoms with Gasteiger partial charge < -0.3 is 24.6 Å². The molecule has 2 fully saturated rings. The van der Waals surface area contributed by atoms with E-state index in [9.17, 15) is 4.79 Å². The quantitative estimate of drug-likeness (QED) is 0.708. The molecule has 1 N–H and O–H groups in total. The highest BCUT2D eigenvalue weighted by Gasteiger charge is 2.27. The Labute approximate surface area is 195 Å². The zero-order valence-electron chi connectivity index (χ0n) is 19.3. The largest absolute Gasteiger partial charge is 0.497 e. The molecule has 0 unspecified atom stereocenters. The second-order valence-electron chi connectivity index (χ2n) is 8.98. The molecule has 0 bridgehead atoms. The lowest BCUT2D eigenvalue weighted by Gasteiger charge is -2.28. The van der Waals surface area contributed by atoms with Gasteiger partial charge in [-0.3, -0.25) is 0 Å². The molecule has 1 saturated carbocycles. The molecule has 2 heterocycles. The number of carbonyl (C=O) groups excluding carboxylic acids is 1. The number of rotatable bonds is 2. The van der Waals surface area contributed by atoms with E-state index in [0.29, 0.717) is 12.6 Å². The van der Waals surface area contributed by atoms with Crippen molar-refractivity contribution in [2.45, 2.75) is 44.6 Å². The van der Waals surface area contributed by atoms with Gasteiger partial charge in [0.1, 0.15) is 23.0 Å². The van der Waals surface area contributed by atoms with E-state index < -0.39 is 0 Å². The van der Waals surface area contributed by atoms with Gasteiger partial charge in [-0.05, 0) is 49.6 Å². The third-order valence-electron chi connectivity index (χ3n) is 6.75. The Morgan fingerprint density at radius 3 is 2.70 bits per heavy atom. The molecule has 3 aliphatic rings. The van der Waals surface area contributed by atoms with Gasteiger partial charge in [0, 0.05) is 32.2 Å². The SMILES string of the molecule is COc1ccc2c(c1)C(N1CCCN(C(=O)NC3CCCCC3)CC1)=Nc1ccccc1O2. The van der Waals surface area contributed by atoms with Crippen LogP contribution in [-0.4, -0.2) is 61.0 Å². The van der Waals surface area contributed by atoms with Crippen LogP contribution in [0.2, 0.25) is 0 Å². The van der Waals surface area contributed by atoms with Crippen molar-refractivity contribution in [3.8, 4) is 17.2 Å². The van der Waals surface area contributed by atoms with Gasteiger partial charge in [-0.1, -0.05) is 31.4 Å². The summed E-state index contributed by atoms with van der Waals surface area (Å²) >= 11 is 0. The number of nitrogens with zero attached hydrogens (tertiary/aromatic N) is 3. The highest BCUT2D eigenvalue weighted by atomic mass is 16.5. The van der Waals surface area contributed by atoms with E-state index in [4.69, 9.17) is 14.5 Å². The van der Waals surface area contributed by atoms with Crippen LogP contribution in [0.5, 0.6) is 17.2 Å². The van der Waals surface area contributed by atoms with Crippen LogP contribution in [-0.2, 0) is 0 Å². The smallest absolute Gasteiger partial charge is 0.317 e. The predicted octanol–water partition coefficient (Wildman–Crippen LogP) is 4.93. The third-order valence-corrected chi connectivity index (χ3v) is 6.75. The van der Waals surface area contributed by atoms with E-state index in [1.807, 2.05) is 47.4 Å². The fraction of sp³-hybridized carbons (Fsp3) is 0.462. The zero-order chi connectivity index (χ0) is 22.6. The molecule has 33 heavy (non-hydrogen) atoms. The molecule has 174 valence electrons. The van der Waals surface area contributed by atoms with Crippen molar-refractivity contribution >= 4 is 17.6 Å². The standard InChI is InChI=1S/C26H32N4O3/c1-32-20-12-13-23-21(18-20)25(28-22-10-5-6-11-24(22)33-23)29-14-7-15-30(17-16-29)26(31)27-19-8-3-2-4-9-19/h5-6,10-13,18-19H,2-4,7-9,14-17H2,1H3,(H,27,31). The number of amides is 2. The number of aliphatic imine (C=N–C) groups is 1. The van der Waals surface area contributed by atoms with E-state index in [-0.39, 0.29) is 6.03 Å². The van der Waals surface area contributed by atoms with E-state index in [1.54, 1.807) is 7.11 Å². The summed E-state index contributed by atoms with van der Waals surface area (Å²) in [6.07, 6.45) is 6.79. The van der Waals surface area contributed by atoms with Gasteiger partial charge in [0.25, 0.3) is 0 Å². The van der Waals surface area contributed by atoms with Crippen LogP contribution in [0.4, 0.5) is 10.5 Å². The molecule has 2 aromatic rings. The van der Waals surface area contributed by atoms with Gasteiger partial charge in [-0.25, -0.2) is 9.79 Å². The first-order valence-electron chi connectivity index (χ1n) is 12.1. The summed E-state index contributed by atoms with van der Waals surface area (Å²) in [6.45, 7) is 2.96. The van der Waals surface area contributed by atoms with E-state index in [0.717, 1.165) is 73.2 Å². The lowest BCUT2D eigenvalue weighted by molar-refractivity contribution is 0.192. The number of hydrogen-bond donors (Lipinski definition) is 1. The average Bonchev–Trinajstić information content (AvgIpc) is 3.19. The molecule has 5 rings (SSSR count). The first-order valence-corrected chi connectivity index (χ1v) is 12.1. The molecular formula is C26H32N4O3. The molecule has 0 aromatic heterocycles. The van der Waals surface area contributed by atoms with Gasteiger partial charge in [0.05, 0.1) is 12.7 Å². The minimum Gasteiger partial charge on any atom is -0.497 e. The van der Waals surface area contributed by atoms with Crippen LogP contribution in [0.3, 0.4) is 0 Å². The Hall–Kier alpha value is -3.22. The fourth-order valence-electron chi connectivity index (χ4n) is 4.91. The molecule has 0 spiro atoms. The van der Waals surface area contributed by atoms with Crippen LogP contribution < -0.4 is 14.8 Å². The van der Waals surface area contributed by atoms with Crippen molar-refractivity contribution in [2.75, 3.05) is 33.3 Å². The molecular weight excluding hydrogens is 416 g/mol. The summed E-state index contributed by atoms with van der Waals surface area (Å²) in [4.78, 5) is 22.2. The molecule has 1 aliphatic carbocycles. The molecule has 2 amide bonds. The topological polar surface area (TPSA) is 66.4 Å². The number of benzene rings is 2. The third kappa shape index (κ3) is 4.77. The van der Waals surface area contributed by atoms with Crippen LogP contribution in [0.1, 0.15) is 44.1 Å². The maximum atomic E-state index is 12.9. The van der Waals surface area contributed by atoms with Crippen LogP contribution >= 0.6 is 0 Å². The van der Waals surface area contributed by atoms with Crippen LogP contribution in [0.15, 0.2) is 47.5 Å². The van der Waals surface area contributed by atoms with Gasteiger partial charge in [0.15, 0.2) is 5.75 Å². The first-order chi connectivity index (χ1) is 16.2. The zero-order valence-corrected chi connectivity index (χ0v) is 19.3. The summed E-state index contributed by atoms with van der Waals surface area (Å²) in [5, 5.41) is 3.27. The van der Waals surface area contributed by atoms with Crippen LogP contribution in [0.25, 0.3) is 0 Å². The second-order valence-corrected chi connectivity index (χ2v) is 8.98. The lowest BCUT2D eigenvalue weighted by atomic mass is 9.96. The van der Waals surface area contributed by atoms with E-state index in [2.05, 4.69) is 10.2 Å². The molecule has 7 nitrogen and oxygen atoms in total. The molecule has 1 saturated heterocycles. The highest BCUT2D eigenvalue weighted by Crippen LogP contribution is 2.39. The Morgan fingerprint density at radius 1 is 1.00 bits per heavy atom. The van der Waals surface area contributed by atoms with E-state index >= 15 is 0 Å². The van der Waals surface area contributed by atoms with Gasteiger partial charge in [-0.2, -0.15) is 0 Å². The van der Waals surface area contributed by atoms with Crippen molar-refractivity contribution in [3.63, 3.8) is 0 Å². The Kier molecular flexibility index (Phi) is 6.37. The average molecular weight is 449 g/mol. The monoisotopic (exact) mass is 448 g/mol. The Bertz CT molecular complexity index is 1030. The van der Waals surface area contributed by atoms with E-state index in [1.165, 1.54) is 19.3 Å². The van der Waals surface area contributed by atoms with Gasteiger partial charge in [-0.15, -0.1) is 0 Å². The summed E-state index contributed by atoms with van der Waals surface area (Å²) in [6, 6.07) is 14.1. The van der Waals surface area contributed by atoms with Crippen LogP contribution in [0, 0.1) is 0 Å². The number of ether oxygens (including phenoxy) is 2. The summed E-state index contributed by atoms with van der Waals surface area (Å²) < 4.78 is 11.7. The number of nitrogens with one attached hydrogen (secondary N) is 1. The number of amidine groups is 1. The van der Waals surface area contributed by atoms with Crippen molar-refractivity contribution in [1.82, 2.24) is 15.1 Å². The molecule has 0 radical (unpaired) electrons.